The smallest absolute Gasteiger partial charge is 0.224 e. The van der Waals surface area contributed by atoms with Crippen LogP contribution >= 0.6 is 0 Å². The molecule has 0 unspecified atom stereocenters. The Morgan fingerprint density at radius 1 is 1.21 bits per heavy atom. The van der Waals surface area contributed by atoms with Crippen molar-refractivity contribution in [3.63, 3.8) is 0 Å². The number of anilines is 1. The van der Waals surface area contributed by atoms with Gasteiger partial charge in [-0.3, -0.25) is 9.48 Å². The zero-order chi connectivity index (χ0) is 23.7. The molecule has 0 radical (unpaired) electrons. The topological polar surface area (TPSA) is 100 Å². The number of benzene rings is 1. The van der Waals surface area contributed by atoms with Crippen LogP contribution in [0.1, 0.15) is 17.5 Å². The summed E-state index contributed by atoms with van der Waals surface area (Å²) in [5, 5.41) is 21.5. The summed E-state index contributed by atoms with van der Waals surface area (Å²) in [5.74, 6) is 0.764. The summed E-state index contributed by atoms with van der Waals surface area (Å²) in [6, 6.07) is 11.9. The first-order valence-corrected chi connectivity index (χ1v) is 11.1. The molecule has 172 valence electrons. The number of nitriles is 1. The van der Waals surface area contributed by atoms with Crippen LogP contribution in [0.3, 0.4) is 0 Å². The van der Waals surface area contributed by atoms with E-state index in [9.17, 15) is 10.1 Å². The Labute approximate surface area is 197 Å². The number of rotatable bonds is 6. The Kier molecular flexibility index (Phi) is 5.64. The molecule has 0 aliphatic carbocycles. The lowest BCUT2D eigenvalue weighted by atomic mass is 10.1. The molecule has 1 atom stereocenters. The number of methoxy groups -OCH3 is 1. The molecule has 5 rings (SSSR count). The fourth-order valence-corrected chi connectivity index (χ4v) is 4.46. The maximum Gasteiger partial charge on any atom is 0.224 e. The molecule has 1 aliphatic rings. The first-order valence-electron chi connectivity index (χ1n) is 11.1. The van der Waals surface area contributed by atoms with E-state index in [0.29, 0.717) is 18.5 Å². The number of carbonyl (C=O) groups excluding carboxylic acids is 1. The predicted molar refractivity (Wildman–Crippen MR) is 128 cm³/mol. The Bertz CT molecular complexity index is 1380. The van der Waals surface area contributed by atoms with Crippen LogP contribution in [0.2, 0.25) is 0 Å². The summed E-state index contributed by atoms with van der Waals surface area (Å²) >= 11 is 0. The van der Waals surface area contributed by atoms with Crippen LogP contribution in [0, 0.1) is 11.3 Å². The first kappa shape index (κ1) is 21.5. The van der Waals surface area contributed by atoms with Gasteiger partial charge in [0.15, 0.2) is 0 Å². The zero-order valence-corrected chi connectivity index (χ0v) is 19.1. The summed E-state index contributed by atoms with van der Waals surface area (Å²) in [5.41, 5.74) is 5.12. The third-order valence-corrected chi connectivity index (χ3v) is 6.17. The highest BCUT2D eigenvalue weighted by Gasteiger charge is 2.27. The number of hydrogen-bond donors (Lipinski definition) is 1. The normalized spacial score (nSPS) is 15.4. The van der Waals surface area contributed by atoms with E-state index in [4.69, 9.17) is 4.74 Å². The molecule has 4 aromatic rings. The van der Waals surface area contributed by atoms with Gasteiger partial charge in [-0.15, -0.1) is 0 Å². The molecule has 0 bridgehead atoms. The standard InChI is InChI=1S/C25H25N7O2/c1-30-14-20(13-27-30)18-10-23(25-19(11-26)12-28-32(25)15-18)31-8-7-21(16-31)29-24(33)9-17-3-5-22(34-2)6-4-17/h3-6,10,12-15,21H,7-9,16H2,1-2H3,(H,29,33)/t21-/m1/s1. The summed E-state index contributed by atoms with van der Waals surface area (Å²) in [6.07, 6.45) is 8.42. The van der Waals surface area contributed by atoms with E-state index in [0.717, 1.165) is 46.6 Å². The van der Waals surface area contributed by atoms with Crippen LogP contribution in [-0.2, 0) is 18.3 Å². The molecule has 4 heterocycles. The molecule has 1 aromatic carbocycles. The van der Waals surface area contributed by atoms with Crippen molar-refractivity contribution in [3.05, 3.63) is 66.2 Å². The van der Waals surface area contributed by atoms with E-state index in [-0.39, 0.29) is 11.9 Å². The lowest BCUT2D eigenvalue weighted by Gasteiger charge is -2.21. The number of carbonyl (C=O) groups is 1. The fraction of sp³-hybridized carbons (Fsp3) is 0.280. The van der Waals surface area contributed by atoms with E-state index < -0.39 is 0 Å². The largest absolute Gasteiger partial charge is 0.497 e. The Morgan fingerprint density at radius 3 is 2.74 bits per heavy atom. The van der Waals surface area contributed by atoms with Gasteiger partial charge in [-0.1, -0.05) is 12.1 Å². The first-order chi connectivity index (χ1) is 16.5. The number of nitrogens with one attached hydrogen (secondary N) is 1. The molecule has 1 saturated heterocycles. The molecule has 1 fully saturated rings. The number of fused-ring (bicyclic) bond motifs is 1. The molecule has 34 heavy (non-hydrogen) atoms. The zero-order valence-electron chi connectivity index (χ0n) is 19.1. The minimum absolute atomic E-state index is 0.00617. The quantitative estimate of drug-likeness (QED) is 0.480. The van der Waals surface area contributed by atoms with Gasteiger partial charge in [0.2, 0.25) is 5.91 Å². The summed E-state index contributed by atoms with van der Waals surface area (Å²) in [7, 11) is 3.50. The van der Waals surface area contributed by atoms with Crippen molar-refractivity contribution in [2.45, 2.75) is 18.9 Å². The van der Waals surface area contributed by atoms with Crippen LogP contribution < -0.4 is 15.0 Å². The molecule has 9 nitrogen and oxygen atoms in total. The highest BCUT2D eigenvalue weighted by molar-refractivity contribution is 5.84. The van der Waals surface area contributed by atoms with E-state index in [2.05, 4.69) is 32.5 Å². The molecule has 9 heteroatoms. The van der Waals surface area contributed by atoms with Gasteiger partial charge < -0.3 is 15.0 Å². The van der Waals surface area contributed by atoms with Crippen molar-refractivity contribution in [3.8, 4) is 22.9 Å². The molecule has 1 aliphatic heterocycles. The van der Waals surface area contributed by atoms with Gasteiger partial charge in [0, 0.05) is 49.7 Å². The Balaban J connectivity index is 1.35. The second-order valence-electron chi connectivity index (χ2n) is 8.50. The van der Waals surface area contributed by atoms with Crippen molar-refractivity contribution in [1.29, 1.82) is 5.26 Å². The summed E-state index contributed by atoms with van der Waals surface area (Å²) in [4.78, 5) is 14.9. The third-order valence-electron chi connectivity index (χ3n) is 6.17. The van der Waals surface area contributed by atoms with E-state index in [1.54, 1.807) is 22.5 Å². The van der Waals surface area contributed by atoms with Crippen LogP contribution in [0.25, 0.3) is 16.6 Å². The van der Waals surface area contributed by atoms with Crippen molar-refractivity contribution < 1.29 is 9.53 Å². The van der Waals surface area contributed by atoms with E-state index >= 15 is 0 Å². The van der Waals surface area contributed by atoms with Gasteiger partial charge in [-0.2, -0.15) is 15.5 Å². The third kappa shape index (κ3) is 4.18. The van der Waals surface area contributed by atoms with Crippen molar-refractivity contribution in [2.24, 2.45) is 7.05 Å². The Morgan fingerprint density at radius 2 is 2.03 bits per heavy atom. The number of amides is 1. The van der Waals surface area contributed by atoms with Crippen molar-refractivity contribution in [1.82, 2.24) is 24.7 Å². The second-order valence-corrected chi connectivity index (χ2v) is 8.50. The minimum atomic E-state index is -0.00617. The molecule has 0 saturated carbocycles. The molecule has 3 aromatic heterocycles. The van der Waals surface area contributed by atoms with Gasteiger partial charge in [0.05, 0.1) is 37.2 Å². The molecule has 1 amide bonds. The lowest BCUT2D eigenvalue weighted by molar-refractivity contribution is -0.121. The SMILES string of the molecule is COc1ccc(CC(=O)N[C@@H]2CCN(c3cc(-c4cnn(C)c4)cn4ncc(C#N)c34)C2)cc1. The summed E-state index contributed by atoms with van der Waals surface area (Å²) in [6.45, 7) is 1.44. The van der Waals surface area contributed by atoms with Gasteiger partial charge in [-0.05, 0) is 30.2 Å². The molecule has 0 spiro atoms. The monoisotopic (exact) mass is 455 g/mol. The number of pyridine rings is 1. The van der Waals surface area contributed by atoms with Crippen LogP contribution in [0.15, 0.2) is 55.1 Å². The highest BCUT2D eigenvalue weighted by atomic mass is 16.5. The number of aryl methyl sites for hydroxylation is 1. The van der Waals surface area contributed by atoms with Gasteiger partial charge in [-0.25, -0.2) is 4.52 Å². The molecular weight excluding hydrogens is 430 g/mol. The molecule has 1 N–H and O–H groups in total. The van der Waals surface area contributed by atoms with Crippen LogP contribution in [0.4, 0.5) is 5.69 Å². The van der Waals surface area contributed by atoms with Crippen molar-refractivity contribution >= 4 is 17.1 Å². The number of nitrogens with zero attached hydrogens (tertiary/aromatic N) is 6. The number of aromatic nitrogens is 4. The second kappa shape index (κ2) is 8.90. The van der Waals surface area contributed by atoms with Crippen LogP contribution in [0.5, 0.6) is 5.75 Å². The molecular formula is C25H25N7O2. The minimum Gasteiger partial charge on any atom is -0.497 e. The lowest BCUT2D eigenvalue weighted by Crippen LogP contribution is -2.38. The van der Waals surface area contributed by atoms with Crippen LogP contribution in [-0.4, -0.2) is 51.5 Å². The van der Waals surface area contributed by atoms with Crippen molar-refractivity contribution in [2.75, 3.05) is 25.1 Å². The average Bonchev–Trinajstić information content (AvgIpc) is 3.58. The number of ether oxygens (including phenoxy) is 1. The van der Waals surface area contributed by atoms with Gasteiger partial charge >= 0.3 is 0 Å². The van der Waals surface area contributed by atoms with E-state index in [1.807, 2.05) is 49.9 Å². The fourth-order valence-electron chi connectivity index (χ4n) is 4.46. The maximum atomic E-state index is 12.7. The predicted octanol–water partition coefficient (Wildman–Crippen LogP) is 2.55. The Hall–Kier alpha value is -4.32. The summed E-state index contributed by atoms with van der Waals surface area (Å²) < 4.78 is 8.69. The van der Waals surface area contributed by atoms with Gasteiger partial charge in [0.25, 0.3) is 0 Å². The van der Waals surface area contributed by atoms with Gasteiger partial charge in [0.1, 0.15) is 17.3 Å². The number of hydrogen-bond acceptors (Lipinski definition) is 6. The average molecular weight is 456 g/mol. The van der Waals surface area contributed by atoms with E-state index in [1.165, 1.54) is 0 Å². The maximum absolute atomic E-state index is 12.7. The highest BCUT2D eigenvalue weighted by Crippen LogP contribution is 2.32.